The number of methoxy groups -OCH3 is 1. The van der Waals surface area contributed by atoms with E-state index < -0.39 is 5.97 Å². The number of nitrogens with zero attached hydrogens (tertiary/aromatic N) is 1. The maximum Gasteiger partial charge on any atom is 0.348 e. The highest BCUT2D eigenvalue weighted by Gasteiger charge is 2.12. The quantitative estimate of drug-likeness (QED) is 0.330. The molecule has 1 aromatic carbocycles. The predicted octanol–water partition coefficient (Wildman–Crippen LogP) is 2.18. The van der Waals surface area contributed by atoms with Gasteiger partial charge in [-0.15, -0.1) is 0 Å². The molecule has 20 heavy (non-hydrogen) atoms. The van der Waals surface area contributed by atoms with Gasteiger partial charge in [0, 0.05) is 12.7 Å². The number of rotatable bonds is 7. The molecule has 0 aliphatic carbocycles. The van der Waals surface area contributed by atoms with Crippen LogP contribution in [0.2, 0.25) is 0 Å². The van der Waals surface area contributed by atoms with Gasteiger partial charge in [-0.05, 0) is 19.1 Å². The van der Waals surface area contributed by atoms with Crippen molar-refractivity contribution in [1.82, 2.24) is 0 Å². The number of nitriles is 1. The average Bonchev–Trinajstić information content (AvgIpc) is 2.46. The van der Waals surface area contributed by atoms with Crippen LogP contribution in [0.3, 0.4) is 0 Å². The molecular weight excluding hydrogens is 258 g/mol. The van der Waals surface area contributed by atoms with Crippen LogP contribution in [0.4, 0.5) is 0 Å². The van der Waals surface area contributed by atoms with Crippen LogP contribution in [0.25, 0.3) is 6.08 Å². The van der Waals surface area contributed by atoms with Gasteiger partial charge in [-0.2, -0.15) is 5.26 Å². The third kappa shape index (κ3) is 4.75. The lowest BCUT2D eigenvalue weighted by atomic mass is 10.1. The van der Waals surface area contributed by atoms with Crippen molar-refractivity contribution >= 4 is 12.0 Å². The minimum absolute atomic E-state index is 0.0757. The monoisotopic (exact) mass is 275 g/mol. The highest BCUT2D eigenvalue weighted by atomic mass is 16.6. The number of carbonyl (C=O) groups excluding carboxylic acids is 1. The smallest absolute Gasteiger partial charge is 0.348 e. The minimum atomic E-state index is -0.671. The largest absolute Gasteiger partial charge is 0.493 e. The third-order valence-electron chi connectivity index (χ3n) is 2.38. The Balaban J connectivity index is 2.89. The Morgan fingerprint density at radius 3 is 2.75 bits per heavy atom. The summed E-state index contributed by atoms with van der Waals surface area (Å²) in [6.07, 6.45) is 1.46. The number of para-hydroxylation sites is 1. The van der Waals surface area contributed by atoms with E-state index in [4.69, 9.17) is 19.5 Å². The lowest BCUT2D eigenvalue weighted by Crippen LogP contribution is -2.11. The van der Waals surface area contributed by atoms with Crippen LogP contribution >= 0.6 is 0 Å². The van der Waals surface area contributed by atoms with Crippen LogP contribution in [0.15, 0.2) is 29.8 Å². The van der Waals surface area contributed by atoms with Crippen LogP contribution < -0.4 is 4.74 Å². The second-order valence-corrected chi connectivity index (χ2v) is 3.77. The number of carbonyl (C=O) groups is 1. The van der Waals surface area contributed by atoms with Crippen molar-refractivity contribution in [2.45, 2.75) is 6.92 Å². The van der Waals surface area contributed by atoms with E-state index in [9.17, 15) is 4.79 Å². The summed E-state index contributed by atoms with van der Waals surface area (Å²) < 4.78 is 15.1. The Hall–Kier alpha value is -2.32. The summed E-state index contributed by atoms with van der Waals surface area (Å²) in [4.78, 5) is 11.7. The molecule has 106 valence electrons. The van der Waals surface area contributed by atoms with Crippen molar-refractivity contribution in [1.29, 1.82) is 5.26 Å². The summed E-state index contributed by atoms with van der Waals surface area (Å²) in [5.74, 6) is -0.0525. The fourth-order valence-corrected chi connectivity index (χ4v) is 1.47. The Labute approximate surface area is 118 Å². The zero-order valence-electron chi connectivity index (χ0n) is 11.6. The molecule has 0 bridgehead atoms. The summed E-state index contributed by atoms with van der Waals surface area (Å²) >= 11 is 0. The van der Waals surface area contributed by atoms with Crippen LogP contribution in [0.1, 0.15) is 12.5 Å². The van der Waals surface area contributed by atoms with Gasteiger partial charge < -0.3 is 14.2 Å². The van der Waals surface area contributed by atoms with Gasteiger partial charge in [-0.3, -0.25) is 0 Å². The highest BCUT2D eigenvalue weighted by molar-refractivity contribution is 5.98. The molecule has 0 fully saturated rings. The van der Waals surface area contributed by atoms with E-state index in [2.05, 4.69) is 0 Å². The SMILES string of the molecule is CCOc1ccccc1C=C(C#N)C(=O)OCCOC. The normalized spacial score (nSPS) is 10.8. The van der Waals surface area contributed by atoms with Crippen molar-refractivity contribution < 1.29 is 19.0 Å². The van der Waals surface area contributed by atoms with Crippen molar-refractivity contribution in [3.63, 3.8) is 0 Å². The topological polar surface area (TPSA) is 68.5 Å². The molecule has 0 spiro atoms. The third-order valence-corrected chi connectivity index (χ3v) is 2.38. The fraction of sp³-hybridized carbons (Fsp3) is 0.333. The van der Waals surface area contributed by atoms with E-state index in [0.717, 1.165) is 0 Å². The molecule has 0 N–H and O–H groups in total. The molecule has 0 aromatic heterocycles. The first-order valence-corrected chi connectivity index (χ1v) is 6.22. The highest BCUT2D eigenvalue weighted by Crippen LogP contribution is 2.21. The zero-order valence-corrected chi connectivity index (χ0v) is 11.6. The Kier molecular flexibility index (Phi) is 6.87. The Bertz CT molecular complexity index is 517. The molecule has 0 aliphatic rings. The van der Waals surface area contributed by atoms with Crippen molar-refractivity contribution in [3.05, 3.63) is 35.4 Å². The number of ether oxygens (including phenoxy) is 3. The number of hydrogen-bond acceptors (Lipinski definition) is 5. The van der Waals surface area contributed by atoms with Crippen LogP contribution in [0, 0.1) is 11.3 Å². The van der Waals surface area contributed by atoms with Gasteiger partial charge in [0.2, 0.25) is 0 Å². The maximum atomic E-state index is 11.7. The molecule has 1 rings (SSSR count). The fourth-order valence-electron chi connectivity index (χ4n) is 1.47. The first-order valence-electron chi connectivity index (χ1n) is 6.22. The average molecular weight is 275 g/mol. The second kappa shape index (κ2) is 8.73. The van der Waals surface area contributed by atoms with Gasteiger partial charge >= 0.3 is 5.97 Å². The summed E-state index contributed by atoms with van der Waals surface area (Å²) in [5, 5.41) is 9.04. The van der Waals surface area contributed by atoms with Gasteiger partial charge in [-0.1, -0.05) is 18.2 Å². The van der Waals surface area contributed by atoms with E-state index in [1.165, 1.54) is 13.2 Å². The maximum absolute atomic E-state index is 11.7. The number of esters is 1. The molecule has 1 aromatic rings. The molecule has 0 saturated carbocycles. The molecule has 0 aliphatic heterocycles. The first kappa shape index (κ1) is 15.7. The molecule has 5 nitrogen and oxygen atoms in total. The minimum Gasteiger partial charge on any atom is -0.493 e. The van der Waals surface area contributed by atoms with E-state index in [0.29, 0.717) is 24.5 Å². The molecule has 0 amide bonds. The van der Waals surface area contributed by atoms with Gasteiger partial charge in [0.25, 0.3) is 0 Å². The standard InChI is InChI=1S/C15H17NO4/c1-3-19-14-7-5-4-6-12(14)10-13(11-16)15(17)20-9-8-18-2/h4-7,10H,3,8-9H2,1-2H3. The van der Waals surface area contributed by atoms with Gasteiger partial charge in [0.1, 0.15) is 24.0 Å². The van der Waals surface area contributed by atoms with Gasteiger partial charge in [0.15, 0.2) is 0 Å². The summed E-state index contributed by atoms with van der Waals surface area (Å²) in [7, 11) is 1.51. The zero-order chi connectivity index (χ0) is 14.8. The lowest BCUT2D eigenvalue weighted by Gasteiger charge is -2.07. The van der Waals surface area contributed by atoms with Crippen molar-refractivity contribution in [3.8, 4) is 11.8 Å². The lowest BCUT2D eigenvalue weighted by molar-refractivity contribution is -0.139. The summed E-state index contributed by atoms with van der Waals surface area (Å²) in [5.41, 5.74) is 0.586. The molecule has 0 saturated heterocycles. The Morgan fingerprint density at radius 1 is 1.35 bits per heavy atom. The van der Waals surface area contributed by atoms with E-state index >= 15 is 0 Å². The van der Waals surface area contributed by atoms with E-state index in [1.807, 2.05) is 19.1 Å². The van der Waals surface area contributed by atoms with E-state index in [1.54, 1.807) is 18.2 Å². The summed E-state index contributed by atoms with van der Waals surface area (Å²) in [6, 6.07) is 9.01. The Morgan fingerprint density at radius 2 is 2.10 bits per heavy atom. The molecule has 0 unspecified atom stereocenters. The molecule has 5 heteroatoms. The predicted molar refractivity (Wildman–Crippen MR) is 74.0 cm³/mol. The number of benzene rings is 1. The first-order chi connectivity index (χ1) is 9.72. The van der Waals surface area contributed by atoms with Crippen LogP contribution in [-0.2, 0) is 14.3 Å². The van der Waals surface area contributed by atoms with Crippen molar-refractivity contribution in [2.75, 3.05) is 26.9 Å². The number of hydrogen-bond donors (Lipinski definition) is 0. The van der Waals surface area contributed by atoms with Crippen LogP contribution in [0.5, 0.6) is 5.75 Å². The van der Waals surface area contributed by atoms with E-state index in [-0.39, 0.29) is 12.2 Å². The molecule has 0 heterocycles. The molecule has 0 radical (unpaired) electrons. The molecule has 0 atom stereocenters. The second-order valence-electron chi connectivity index (χ2n) is 3.77. The van der Waals surface area contributed by atoms with Gasteiger partial charge in [0.05, 0.1) is 13.2 Å². The summed E-state index contributed by atoms with van der Waals surface area (Å²) in [6.45, 7) is 2.77. The van der Waals surface area contributed by atoms with Crippen molar-refractivity contribution in [2.24, 2.45) is 0 Å². The van der Waals surface area contributed by atoms with Gasteiger partial charge in [-0.25, -0.2) is 4.79 Å². The molecular formula is C15H17NO4. The van der Waals surface area contributed by atoms with Crippen LogP contribution in [-0.4, -0.2) is 32.9 Å².